The monoisotopic (exact) mass is 431 g/mol. The molecule has 2 aromatic rings. The number of nitrogens with zero attached hydrogens (tertiary/aromatic N) is 1. The molecule has 1 aromatic heterocycles. The first-order chi connectivity index (χ1) is 15.1. The van der Waals surface area contributed by atoms with E-state index in [1.54, 1.807) is 0 Å². The molecular weight excluding hydrogens is 394 g/mol. The molecule has 0 bridgehead atoms. The summed E-state index contributed by atoms with van der Waals surface area (Å²) < 4.78 is 16.8. The summed E-state index contributed by atoms with van der Waals surface area (Å²) in [6.45, 7) is 5.16. The number of carboxylic acids is 1. The van der Waals surface area contributed by atoms with Gasteiger partial charge in [-0.25, -0.2) is 4.98 Å². The molecule has 1 aromatic carbocycles. The first kappa shape index (κ1) is 24.8. The minimum Gasteiger partial charge on any atom is -0.494 e. The van der Waals surface area contributed by atoms with Gasteiger partial charge in [-0.15, -0.1) is 0 Å². The second-order valence-corrected chi connectivity index (χ2v) is 7.81. The molecule has 0 amide bonds. The molecule has 0 saturated heterocycles. The van der Waals surface area contributed by atoms with Gasteiger partial charge in [0.25, 0.3) is 0 Å². The average Bonchev–Trinajstić information content (AvgIpc) is 3.14. The van der Waals surface area contributed by atoms with Crippen molar-refractivity contribution in [2.45, 2.75) is 84.5 Å². The van der Waals surface area contributed by atoms with Crippen molar-refractivity contribution in [2.75, 3.05) is 13.2 Å². The number of carboxylic acid groups (broad SMARTS) is 1. The van der Waals surface area contributed by atoms with Gasteiger partial charge >= 0.3 is 11.9 Å². The van der Waals surface area contributed by atoms with Crippen molar-refractivity contribution in [1.82, 2.24) is 4.98 Å². The highest BCUT2D eigenvalue weighted by atomic mass is 16.6. The summed E-state index contributed by atoms with van der Waals surface area (Å²) in [5, 5.41) is 9.02. The lowest BCUT2D eigenvalue weighted by Gasteiger charge is -2.06. The largest absolute Gasteiger partial charge is 0.494 e. The normalized spacial score (nSPS) is 10.9. The summed E-state index contributed by atoms with van der Waals surface area (Å²) in [7, 11) is 0. The third-order valence-electron chi connectivity index (χ3n) is 5.12. The van der Waals surface area contributed by atoms with E-state index < -0.39 is 5.97 Å². The Hall–Kier alpha value is -2.50. The molecule has 0 unspecified atom stereocenters. The number of oxazole rings is 1. The van der Waals surface area contributed by atoms with Gasteiger partial charge in [0.15, 0.2) is 0 Å². The molecule has 0 fully saturated rings. The highest BCUT2D eigenvalue weighted by Crippen LogP contribution is 2.29. The fraction of sp³-hybridized carbons (Fsp3) is 0.600. The van der Waals surface area contributed by atoms with Crippen LogP contribution in [0.3, 0.4) is 0 Å². The summed E-state index contributed by atoms with van der Waals surface area (Å²) in [5.74, 6) is 0.348. The van der Waals surface area contributed by atoms with Gasteiger partial charge < -0.3 is 19.0 Å². The Morgan fingerprint density at radius 2 is 1.52 bits per heavy atom. The minimum atomic E-state index is -0.975. The first-order valence-electron chi connectivity index (χ1n) is 11.7. The van der Waals surface area contributed by atoms with Crippen LogP contribution in [-0.4, -0.2) is 29.3 Å². The smallest absolute Gasteiger partial charge is 0.309 e. The molecule has 0 aliphatic carbocycles. The molecule has 6 heteroatoms. The third-order valence-corrected chi connectivity index (χ3v) is 5.12. The average molecular weight is 432 g/mol. The molecule has 0 saturated carbocycles. The maximum absolute atomic E-state index is 11.0. The van der Waals surface area contributed by atoms with Gasteiger partial charge in [-0.05, 0) is 37.6 Å². The molecule has 172 valence electrons. The Labute approximate surface area is 186 Å². The Balaban J connectivity index is 1.69. The van der Waals surface area contributed by atoms with Crippen LogP contribution in [0.15, 0.2) is 28.7 Å². The van der Waals surface area contributed by atoms with E-state index in [2.05, 4.69) is 11.9 Å². The van der Waals surface area contributed by atoms with E-state index in [4.69, 9.17) is 19.0 Å². The van der Waals surface area contributed by atoms with Gasteiger partial charge in [-0.2, -0.15) is 0 Å². The molecule has 0 radical (unpaired) electrons. The predicted molar refractivity (Wildman–Crippen MR) is 122 cm³/mol. The van der Waals surface area contributed by atoms with E-state index in [1.165, 1.54) is 57.8 Å². The van der Waals surface area contributed by atoms with Gasteiger partial charge in [0.2, 0.25) is 5.89 Å². The highest BCUT2D eigenvalue weighted by Gasteiger charge is 2.18. The summed E-state index contributed by atoms with van der Waals surface area (Å²) in [4.78, 5) is 15.3. The van der Waals surface area contributed by atoms with Crippen molar-refractivity contribution < 1.29 is 23.8 Å². The second-order valence-electron chi connectivity index (χ2n) is 7.81. The Morgan fingerprint density at radius 3 is 2.10 bits per heavy atom. The lowest BCUT2D eigenvalue weighted by molar-refractivity contribution is -0.136. The van der Waals surface area contributed by atoms with Crippen LogP contribution in [0, 0.1) is 0 Å². The van der Waals surface area contributed by atoms with Crippen LogP contribution in [0.25, 0.3) is 11.5 Å². The van der Waals surface area contributed by atoms with Gasteiger partial charge in [0.05, 0.1) is 19.6 Å². The molecule has 0 aliphatic heterocycles. The van der Waals surface area contributed by atoms with Crippen molar-refractivity contribution in [2.24, 2.45) is 0 Å². The summed E-state index contributed by atoms with van der Waals surface area (Å²) in [6, 6.07) is 7.49. The first-order valence-corrected chi connectivity index (χ1v) is 11.7. The van der Waals surface area contributed by atoms with Crippen molar-refractivity contribution in [3.05, 3.63) is 30.0 Å². The number of benzene rings is 1. The zero-order valence-electron chi connectivity index (χ0n) is 19.0. The van der Waals surface area contributed by atoms with Gasteiger partial charge in [-0.3, -0.25) is 4.79 Å². The summed E-state index contributed by atoms with van der Waals surface area (Å²) in [5.41, 5.74) is 1.05. The fourth-order valence-electron chi connectivity index (χ4n) is 3.43. The Kier molecular flexibility index (Phi) is 11.6. The summed E-state index contributed by atoms with van der Waals surface area (Å²) >= 11 is 0. The fourth-order valence-corrected chi connectivity index (χ4v) is 3.43. The minimum absolute atomic E-state index is 0.168. The predicted octanol–water partition coefficient (Wildman–Crippen LogP) is 6.67. The van der Waals surface area contributed by atoms with E-state index in [0.717, 1.165) is 17.7 Å². The number of hydrogen-bond donors (Lipinski definition) is 1. The zero-order chi connectivity index (χ0) is 22.3. The maximum Gasteiger partial charge on any atom is 0.309 e. The lowest BCUT2D eigenvalue weighted by atomic mass is 10.1. The number of aliphatic carboxylic acids is 1. The van der Waals surface area contributed by atoms with E-state index >= 15 is 0 Å². The van der Waals surface area contributed by atoms with E-state index in [-0.39, 0.29) is 12.4 Å². The topological polar surface area (TPSA) is 81.8 Å². The summed E-state index contributed by atoms with van der Waals surface area (Å²) in [6.07, 6.45) is 12.8. The van der Waals surface area contributed by atoms with Crippen LogP contribution < -0.4 is 9.47 Å². The van der Waals surface area contributed by atoms with Crippen molar-refractivity contribution >= 4 is 5.97 Å². The third kappa shape index (κ3) is 9.45. The van der Waals surface area contributed by atoms with E-state index in [1.807, 2.05) is 31.2 Å². The van der Waals surface area contributed by atoms with Crippen molar-refractivity contribution in [3.63, 3.8) is 0 Å². The Bertz CT molecular complexity index is 754. The number of unbranched alkanes of at least 4 members (excludes halogenated alkanes) is 9. The van der Waals surface area contributed by atoms with E-state index in [9.17, 15) is 4.79 Å². The molecular formula is C25H37NO5. The van der Waals surface area contributed by atoms with Crippen LogP contribution in [0.5, 0.6) is 11.7 Å². The molecule has 31 heavy (non-hydrogen) atoms. The lowest BCUT2D eigenvalue weighted by Crippen LogP contribution is -2.03. The van der Waals surface area contributed by atoms with Crippen molar-refractivity contribution in [1.29, 1.82) is 0 Å². The van der Waals surface area contributed by atoms with E-state index in [0.29, 0.717) is 24.8 Å². The molecule has 0 aliphatic rings. The van der Waals surface area contributed by atoms with Gasteiger partial charge in [0, 0.05) is 5.56 Å². The molecule has 0 atom stereocenters. The standard InChI is InChI=1S/C25H37NO5/c1-3-5-6-7-8-9-10-11-12-13-18-30-21-16-14-20(15-17-21)24-26-22(19-23(27)28)25(31-24)29-4-2/h14-17H,3-13,18-19H2,1-2H3,(H,27,28). The van der Waals surface area contributed by atoms with Crippen LogP contribution in [0.1, 0.15) is 83.7 Å². The molecule has 1 heterocycles. The molecule has 0 spiro atoms. The SMILES string of the molecule is CCCCCCCCCCCCOc1ccc(-c2nc(CC(=O)O)c(OCC)o2)cc1. The van der Waals surface area contributed by atoms with Crippen LogP contribution in [-0.2, 0) is 11.2 Å². The van der Waals surface area contributed by atoms with Crippen molar-refractivity contribution in [3.8, 4) is 23.1 Å². The van der Waals surface area contributed by atoms with Gasteiger partial charge in [-0.1, -0.05) is 64.7 Å². The highest BCUT2D eigenvalue weighted by molar-refractivity contribution is 5.70. The number of hydrogen-bond acceptors (Lipinski definition) is 5. The number of aromatic nitrogens is 1. The zero-order valence-corrected chi connectivity index (χ0v) is 19.0. The molecule has 6 nitrogen and oxygen atoms in total. The van der Waals surface area contributed by atoms with Gasteiger partial charge in [0.1, 0.15) is 11.4 Å². The number of ether oxygens (including phenoxy) is 2. The number of rotatable bonds is 17. The van der Waals surface area contributed by atoms with Crippen LogP contribution >= 0.6 is 0 Å². The Morgan fingerprint density at radius 1 is 0.903 bits per heavy atom. The molecule has 1 N–H and O–H groups in total. The van der Waals surface area contributed by atoms with Crippen LogP contribution in [0.2, 0.25) is 0 Å². The maximum atomic E-state index is 11.0. The van der Waals surface area contributed by atoms with Crippen LogP contribution in [0.4, 0.5) is 0 Å². The quantitative estimate of drug-likeness (QED) is 0.282. The number of carbonyl (C=O) groups is 1. The second kappa shape index (κ2) is 14.5. The molecule has 2 rings (SSSR count).